The van der Waals surface area contributed by atoms with Gasteiger partial charge in [0.05, 0.1) is 0 Å². The summed E-state index contributed by atoms with van der Waals surface area (Å²) in [6.07, 6.45) is 6.44. The molecule has 0 unspecified atom stereocenters. The molecule has 0 N–H and O–H groups in total. The van der Waals surface area contributed by atoms with Crippen molar-refractivity contribution in [2.24, 2.45) is 0 Å². The van der Waals surface area contributed by atoms with E-state index in [0.29, 0.717) is 5.57 Å². The number of rotatable bonds is 7. The largest absolute Gasteiger partial charge is 0.456 e. The summed E-state index contributed by atoms with van der Waals surface area (Å²) in [5.41, 5.74) is 2.72. The Labute approximate surface area is 142 Å². The fourth-order valence-electron chi connectivity index (χ4n) is 1.61. The number of esters is 1. The van der Waals surface area contributed by atoms with E-state index in [1.54, 1.807) is 6.92 Å². The van der Waals surface area contributed by atoms with E-state index in [-0.39, 0.29) is 11.6 Å². The van der Waals surface area contributed by atoms with Crippen molar-refractivity contribution < 1.29 is 9.53 Å². The number of hydrogen-bond acceptors (Lipinski definition) is 2. The van der Waals surface area contributed by atoms with Crippen LogP contribution in [0.2, 0.25) is 0 Å². The third-order valence-electron chi connectivity index (χ3n) is 3.60. The average molecular weight is 316 g/mol. The van der Waals surface area contributed by atoms with E-state index in [1.807, 2.05) is 26.8 Å². The fraction of sp³-hybridized carbons (Fsp3) is 0.476. The van der Waals surface area contributed by atoms with Crippen molar-refractivity contribution >= 4 is 12.0 Å². The van der Waals surface area contributed by atoms with E-state index in [0.717, 1.165) is 6.42 Å². The molecule has 2 heteroatoms. The Hall–Kier alpha value is -1.83. The highest BCUT2D eigenvalue weighted by atomic mass is 16.6. The van der Waals surface area contributed by atoms with Crippen molar-refractivity contribution in [2.45, 2.75) is 65.9 Å². The van der Waals surface area contributed by atoms with Crippen LogP contribution in [0.1, 0.15) is 65.0 Å². The predicted octanol–water partition coefficient (Wildman–Crippen LogP) is 5.97. The van der Waals surface area contributed by atoms with E-state index in [2.05, 4.69) is 44.3 Å². The molecule has 0 bridgehead atoms. The number of carbonyl (C=O) groups excluding carboxylic acids is 1. The van der Waals surface area contributed by atoms with Crippen LogP contribution in [0.15, 0.2) is 43.0 Å². The van der Waals surface area contributed by atoms with E-state index in [9.17, 15) is 4.79 Å². The molecule has 1 aromatic rings. The molecule has 0 radical (unpaired) electrons. The maximum atomic E-state index is 11.0. The second-order valence-electron chi connectivity index (χ2n) is 6.33. The van der Waals surface area contributed by atoms with Crippen molar-refractivity contribution in [3.8, 4) is 0 Å². The molecule has 128 valence electrons. The van der Waals surface area contributed by atoms with Crippen LogP contribution >= 0.6 is 0 Å². The highest BCUT2D eigenvalue weighted by Crippen LogP contribution is 2.15. The lowest BCUT2D eigenvalue weighted by molar-refractivity contribution is -0.151. The fourth-order valence-corrected chi connectivity index (χ4v) is 1.61. The molecule has 0 aliphatic rings. The number of aryl methyl sites for hydroxylation is 1. The lowest BCUT2D eigenvalue weighted by Gasteiger charge is -2.23. The first-order valence-electron chi connectivity index (χ1n) is 8.36. The SMILES string of the molecule is C=C(C)C(=O)OC(C)(C)CC.C=Cc1ccc(CCCC)cc1. The molecule has 0 fully saturated rings. The summed E-state index contributed by atoms with van der Waals surface area (Å²) >= 11 is 0. The van der Waals surface area contributed by atoms with Crippen molar-refractivity contribution in [3.63, 3.8) is 0 Å². The zero-order chi connectivity index (χ0) is 17.9. The highest BCUT2D eigenvalue weighted by Gasteiger charge is 2.20. The molecule has 0 heterocycles. The Balaban J connectivity index is 0.000000423. The van der Waals surface area contributed by atoms with Crippen LogP contribution in [-0.2, 0) is 16.0 Å². The van der Waals surface area contributed by atoms with Crippen LogP contribution in [0.4, 0.5) is 0 Å². The van der Waals surface area contributed by atoms with Crippen LogP contribution in [0.5, 0.6) is 0 Å². The Bertz CT molecular complexity index is 495. The summed E-state index contributed by atoms with van der Waals surface area (Å²) in [7, 11) is 0. The van der Waals surface area contributed by atoms with Crippen molar-refractivity contribution in [3.05, 3.63) is 54.1 Å². The maximum absolute atomic E-state index is 11.0. The number of carbonyl (C=O) groups is 1. The topological polar surface area (TPSA) is 26.3 Å². The summed E-state index contributed by atoms with van der Waals surface area (Å²) < 4.78 is 5.11. The van der Waals surface area contributed by atoms with Crippen LogP contribution in [0.25, 0.3) is 6.08 Å². The molecule has 0 amide bonds. The Morgan fingerprint density at radius 2 is 1.78 bits per heavy atom. The number of ether oxygens (including phenoxy) is 1. The average Bonchev–Trinajstić information content (AvgIpc) is 2.53. The molecule has 1 rings (SSSR count). The Morgan fingerprint density at radius 3 is 2.17 bits per heavy atom. The third-order valence-corrected chi connectivity index (χ3v) is 3.60. The van der Waals surface area contributed by atoms with Crippen LogP contribution in [-0.4, -0.2) is 11.6 Å². The van der Waals surface area contributed by atoms with Gasteiger partial charge >= 0.3 is 5.97 Å². The zero-order valence-electron chi connectivity index (χ0n) is 15.4. The molecule has 0 saturated carbocycles. The molecule has 0 spiro atoms. The molecular weight excluding hydrogens is 284 g/mol. The Kier molecular flexibility index (Phi) is 9.96. The van der Waals surface area contributed by atoms with Gasteiger partial charge in [-0.05, 0) is 51.2 Å². The molecule has 0 aromatic heterocycles. The van der Waals surface area contributed by atoms with Crippen molar-refractivity contribution in [2.75, 3.05) is 0 Å². The van der Waals surface area contributed by atoms with Crippen LogP contribution < -0.4 is 0 Å². The second-order valence-corrected chi connectivity index (χ2v) is 6.33. The number of hydrogen-bond donors (Lipinski definition) is 0. The first-order valence-corrected chi connectivity index (χ1v) is 8.36. The summed E-state index contributed by atoms with van der Waals surface area (Å²) in [6.45, 7) is 16.8. The Morgan fingerprint density at radius 1 is 1.22 bits per heavy atom. The van der Waals surface area contributed by atoms with Crippen molar-refractivity contribution in [1.82, 2.24) is 0 Å². The predicted molar refractivity (Wildman–Crippen MR) is 100 cm³/mol. The maximum Gasteiger partial charge on any atom is 0.333 e. The molecule has 0 saturated heterocycles. The molecular formula is C21H32O2. The minimum absolute atomic E-state index is 0.308. The summed E-state index contributed by atoms with van der Waals surface area (Å²) in [5.74, 6) is -0.308. The van der Waals surface area contributed by atoms with Gasteiger partial charge in [0.25, 0.3) is 0 Å². The standard InChI is InChI=1S/C12H16.C9H16O2/c1-3-5-6-12-9-7-11(4-2)8-10-12;1-6-9(4,5)11-8(10)7(2)3/h4,7-10H,2-3,5-6H2,1H3;2,6H2,1,3-5H3. The quantitative estimate of drug-likeness (QED) is 0.458. The van der Waals surface area contributed by atoms with Gasteiger partial charge in [0.2, 0.25) is 0 Å². The van der Waals surface area contributed by atoms with Gasteiger partial charge in [0, 0.05) is 5.57 Å². The van der Waals surface area contributed by atoms with Gasteiger partial charge in [-0.15, -0.1) is 0 Å². The van der Waals surface area contributed by atoms with Crippen LogP contribution in [0.3, 0.4) is 0 Å². The number of unbranched alkanes of at least 4 members (excludes halogenated alkanes) is 1. The second kappa shape index (κ2) is 10.8. The van der Waals surface area contributed by atoms with Gasteiger partial charge in [-0.2, -0.15) is 0 Å². The van der Waals surface area contributed by atoms with E-state index in [1.165, 1.54) is 30.4 Å². The van der Waals surface area contributed by atoms with Gasteiger partial charge in [0.1, 0.15) is 5.60 Å². The summed E-state index contributed by atoms with van der Waals surface area (Å²) in [4.78, 5) is 11.0. The monoisotopic (exact) mass is 316 g/mol. The lowest BCUT2D eigenvalue weighted by Crippen LogP contribution is -2.27. The number of benzene rings is 1. The van der Waals surface area contributed by atoms with Crippen LogP contribution in [0, 0.1) is 0 Å². The molecule has 1 aromatic carbocycles. The van der Waals surface area contributed by atoms with Crippen molar-refractivity contribution in [1.29, 1.82) is 0 Å². The normalized spacial score (nSPS) is 10.3. The van der Waals surface area contributed by atoms with Gasteiger partial charge in [-0.3, -0.25) is 0 Å². The lowest BCUT2D eigenvalue weighted by atomic mass is 10.1. The molecule has 0 aliphatic carbocycles. The first kappa shape index (κ1) is 21.2. The molecule has 0 atom stereocenters. The smallest absolute Gasteiger partial charge is 0.333 e. The van der Waals surface area contributed by atoms with Gasteiger partial charge in [-0.25, -0.2) is 4.79 Å². The molecule has 2 nitrogen and oxygen atoms in total. The summed E-state index contributed by atoms with van der Waals surface area (Å²) in [6, 6.07) is 8.62. The third kappa shape index (κ3) is 9.72. The molecule has 23 heavy (non-hydrogen) atoms. The van der Waals surface area contributed by atoms with Gasteiger partial charge in [-0.1, -0.05) is 63.8 Å². The summed E-state index contributed by atoms with van der Waals surface area (Å²) in [5, 5.41) is 0. The molecule has 0 aliphatic heterocycles. The minimum Gasteiger partial charge on any atom is -0.456 e. The first-order chi connectivity index (χ1) is 10.8. The highest BCUT2D eigenvalue weighted by molar-refractivity contribution is 5.87. The van der Waals surface area contributed by atoms with Gasteiger partial charge < -0.3 is 4.74 Å². The van der Waals surface area contributed by atoms with E-state index in [4.69, 9.17) is 4.74 Å². The zero-order valence-corrected chi connectivity index (χ0v) is 15.4. The van der Waals surface area contributed by atoms with E-state index >= 15 is 0 Å². The van der Waals surface area contributed by atoms with Gasteiger partial charge in [0.15, 0.2) is 0 Å². The minimum atomic E-state index is -0.365. The van der Waals surface area contributed by atoms with E-state index < -0.39 is 0 Å².